The molecule has 36 heavy (non-hydrogen) atoms. The van der Waals surface area contributed by atoms with Crippen LogP contribution in [0.4, 0.5) is 19.1 Å². The van der Waals surface area contributed by atoms with E-state index in [9.17, 15) is 13.2 Å². The zero-order chi connectivity index (χ0) is 25.3. The lowest BCUT2D eigenvalue weighted by Gasteiger charge is -2.31. The highest BCUT2D eigenvalue weighted by molar-refractivity contribution is 6.30. The number of benzene rings is 1. The molecule has 0 bridgehead atoms. The monoisotopic (exact) mass is 520 g/mol. The molecule has 5 rings (SSSR count). The number of allylic oxidation sites excluding steroid dienone is 2. The average molecular weight is 521 g/mol. The van der Waals surface area contributed by atoms with Gasteiger partial charge in [0, 0.05) is 23.2 Å². The number of halogens is 4. The fourth-order valence-corrected chi connectivity index (χ4v) is 5.41. The summed E-state index contributed by atoms with van der Waals surface area (Å²) in [5, 5.41) is 3.74. The predicted molar refractivity (Wildman–Crippen MR) is 132 cm³/mol. The molecule has 2 aliphatic heterocycles. The van der Waals surface area contributed by atoms with Gasteiger partial charge >= 0.3 is 6.18 Å². The third kappa shape index (κ3) is 5.38. The first kappa shape index (κ1) is 25.0. The highest BCUT2D eigenvalue weighted by Crippen LogP contribution is 2.44. The maximum Gasteiger partial charge on any atom is 0.429 e. The van der Waals surface area contributed by atoms with E-state index in [4.69, 9.17) is 26.8 Å². The summed E-state index contributed by atoms with van der Waals surface area (Å²) in [6.45, 7) is 2.72. The van der Waals surface area contributed by atoms with Crippen LogP contribution in [0.3, 0.4) is 0 Å². The summed E-state index contributed by atoms with van der Waals surface area (Å²) in [5.74, 6) is -0.356. The normalized spacial score (nSPS) is 23.3. The van der Waals surface area contributed by atoms with Crippen molar-refractivity contribution in [2.75, 3.05) is 32.0 Å². The molecule has 192 valence electrons. The third-order valence-corrected chi connectivity index (χ3v) is 7.41. The molecule has 1 aromatic heterocycles. The van der Waals surface area contributed by atoms with E-state index in [2.05, 4.69) is 21.4 Å². The van der Waals surface area contributed by atoms with Crippen LogP contribution in [0.15, 0.2) is 36.4 Å². The summed E-state index contributed by atoms with van der Waals surface area (Å²) in [6.07, 6.45) is 1.38. The Kier molecular flexibility index (Phi) is 6.98. The van der Waals surface area contributed by atoms with Crippen LogP contribution in [0.25, 0.3) is 11.1 Å². The average Bonchev–Trinajstić information content (AvgIpc) is 3.30. The summed E-state index contributed by atoms with van der Waals surface area (Å²) in [4.78, 5) is 8.28. The summed E-state index contributed by atoms with van der Waals surface area (Å²) in [5.41, 5.74) is 8.54. The molecule has 2 aromatic rings. The summed E-state index contributed by atoms with van der Waals surface area (Å²) in [7, 11) is 0. The third-order valence-electron chi connectivity index (χ3n) is 7.18. The Balaban J connectivity index is 1.47. The van der Waals surface area contributed by atoms with Crippen molar-refractivity contribution in [3.63, 3.8) is 0 Å². The summed E-state index contributed by atoms with van der Waals surface area (Å²) < 4.78 is 54.1. The molecule has 0 amide bonds. The van der Waals surface area contributed by atoms with Gasteiger partial charge < -0.3 is 20.5 Å². The fourth-order valence-electron chi connectivity index (χ4n) is 5.23. The number of hydrogen-bond acceptors (Lipinski definition) is 6. The van der Waals surface area contributed by atoms with Crippen molar-refractivity contribution in [3.8, 4) is 5.88 Å². The van der Waals surface area contributed by atoms with E-state index < -0.39 is 12.3 Å². The molecule has 3 aliphatic rings. The molecule has 1 fully saturated rings. The van der Waals surface area contributed by atoms with E-state index in [0.29, 0.717) is 34.9 Å². The Morgan fingerprint density at radius 1 is 1.14 bits per heavy atom. The van der Waals surface area contributed by atoms with Crippen LogP contribution in [-0.2, 0) is 4.74 Å². The van der Waals surface area contributed by atoms with Crippen molar-refractivity contribution in [3.05, 3.63) is 58.3 Å². The van der Waals surface area contributed by atoms with Crippen molar-refractivity contribution in [1.82, 2.24) is 15.3 Å². The number of alkyl halides is 3. The van der Waals surface area contributed by atoms with Gasteiger partial charge in [0.1, 0.15) is 0 Å². The highest BCUT2D eigenvalue weighted by atomic mass is 35.5. The number of aromatic nitrogens is 2. The minimum Gasteiger partial charge on any atom is -0.460 e. The number of hydrogen-bond donors (Lipinski definition) is 2. The van der Waals surface area contributed by atoms with Crippen molar-refractivity contribution in [2.24, 2.45) is 5.41 Å². The quantitative estimate of drug-likeness (QED) is 0.523. The van der Waals surface area contributed by atoms with Crippen molar-refractivity contribution < 1.29 is 22.6 Å². The molecular weight excluding hydrogens is 493 g/mol. The van der Waals surface area contributed by atoms with Crippen LogP contribution in [0, 0.1) is 5.41 Å². The fraction of sp³-hybridized carbons (Fsp3) is 0.462. The zero-order valence-electron chi connectivity index (χ0n) is 19.7. The van der Waals surface area contributed by atoms with Gasteiger partial charge in [-0.15, -0.1) is 0 Å². The summed E-state index contributed by atoms with van der Waals surface area (Å²) in [6, 6.07) is 5.73. The number of anilines is 1. The van der Waals surface area contributed by atoms with Gasteiger partial charge in [0.15, 0.2) is 0 Å². The molecular formula is C26H28ClF3N4O2. The van der Waals surface area contributed by atoms with E-state index in [1.807, 2.05) is 6.08 Å². The number of ether oxygens (including phenoxy) is 2. The first-order valence-electron chi connectivity index (χ1n) is 12.1. The number of rotatable bonds is 5. The van der Waals surface area contributed by atoms with E-state index >= 15 is 0 Å². The van der Waals surface area contributed by atoms with Crippen LogP contribution < -0.4 is 15.8 Å². The molecule has 0 unspecified atom stereocenters. The van der Waals surface area contributed by atoms with Crippen LogP contribution >= 0.6 is 11.6 Å². The molecule has 10 heteroatoms. The van der Waals surface area contributed by atoms with Crippen LogP contribution in [0.1, 0.15) is 55.0 Å². The van der Waals surface area contributed by atoms with Crippen molar-refractivity contribution in [2.45, 2.75) is 44.4 Å². The molecule has 3 heterocycles. The van der Waals surface area contributed by atoms with Gasteiger partial charge in [-0.2, -0.15) is 18.2 Å². The van der Waals surface area contributed by atoms with E-state index in [-0.39, 0.29) is 29.4 Å². The first-order valence-corrected chi connectivity index (χ1v) is 12.4. The predicted octanol–water partition coefficient (Wildman–Crippen LogP) is 5.75. The second-order valence-corrected chi connectivity index (χ2v) is 10.1. The molecule has 0 radical (unpaired) electrons. The van der Waals surface area contributed by atoms with Crippen LogP contribution in [0.5, 0.6) is 5.88 Å². The maximum atomic E-state index is 14.4. The Hall–Kier alpha value is -2.62. The van der Waals surface area contributed by atoms with Gasteiger partial charge in [-0.05, 0) is 72.9 Å². The number of nitrogens with one attached hydrogen (secondary N) is 1. The summed E-state index contributed by atoms with van der Waals surface area (Å²) >= 11 is 6.15. The van der Waals surface area contributed by atoms with Gasteiger partial charge in [0.05, 0.1) is 18.9 Å². The highest BCUT2D eigenvalue weighted by Gasteiger charge is 2.45. The standard InChI is InChI=1S/C26H28ClF3N4O2/c27-18-3-4-19(20(12-18)17-2-1-11-35-14-17)23(26(28,29)30)36-22-13-21(33-24(31)34-22)16-5-7-25(8-6-16)9-10-32-15-25/h2-5,12-13,23,32H,1,6-11,14-15H2,(H2,31,33,34)/t23-,25+/m1/s1. The molecule has 1 saturated heterocycles. The van der Waals surface area contributed by atoms with Gasteiger partial charge in [-0.25, -0.2) is 4.98 Å². The lowest BCUT2D eigenvalue weighted by molar-refractivity contribution is -0.198. The van der Waals surface area contributed by atoms with E-state index in [0.717, 1.165) is 44.3 Å². The molecule has 0 saturated carbocycles. The lowest BCUT2D eigenvalue weighted by atomic mass is 9.74. The zero-order valence-corrected chi connectivity index (χ0v) is 20.5. The van der Waals surface area contributed by atoms with E-state index in [1.165, 1.54) is 24.3 Å². The lowest BCUT2D eigenvalue weighted by Crippen LogP contribution is -2.28. The second-order valence-electron chi connectivity index (χ2n) is 9.65. The molecule has 1 aliphatic carbocycles. The number of nitrogen functional groups attached to an aromatic ring is 1. The Morgan fingerprint density at radius 2 is 2.00 bits per heavy atom. The number of nitrogens with two attached hydrogens (primary N) is 1. The van der Waals surface area contributed by atoms with Crippen LogP contribution in [0.2, 0.25) is 5.02 Å². The van der Waals surface area contributed by atoms with Crippen LogP contribution in [-0.4, -0.2) is 42.4 Å². The SMILES string of the molecule is Nc1nc(O[C@H](c2ccc(Cl)cc2C2=CCCOC2)C(F)(F)F)cc(C2=CC[C@@]3(CCNC3)CC2)n1. The van der Waals surface area contributed by atoms with E-state index in [1.54, 1.807) is 0 Å². The molecule has 2 atom stereocenters. The van der Waals surface area contributed by atoms with Gasteiger partial charge in [0.25, 0.3) is 0 Å². The first-order chi connectivity index (χ1) is 17.2. The Labute approximate surface area is 212 Å². The number of nitrogens with zero attached hydrogens (tertiary/aromatic N) is 2. The van der Waals surface area contributed by atoms with Crippen molar-refractivity contribution in [1.29, 1.82) is 0 Å². The van der Waals surface area contributed by atoms with Gasteiger partial charge in [-0.3, -0.25) is 0 Å². The molecule has 1 spiro atoms. The smallest absolute Gasteiger partial charge is 0.429 e. The second kappa shape index (κ2) is 10.0. The van der Waals surface area contributed by atoms with Gasteiger partial charge in [0.2, 0.25) is 17.9 Å². The van der Waals surface area contributed by atoms with Gasteiger partial charge in [-0.1, -0.05) is 29.8 Å². The molecule has 3 N–H and O–H groups in total. The minimum absolute atomic E-state index is 0.0602. The maximum absolute atomic E-state index is 14.4. The molecule has 1 aromatic carbocycles. The minimum atomic E-state index is -4.72. The largest absolute Gasteiger partial charge is 0.460 e. The molecule has 6 nitrogen and oxygen atoms in total. The Bertz CT molecular complexity index is 1190. The van der Waals surface area contributed by atoms with Crippen molar-refractivity contribution >= 4 is 28.7 Å². The topological polar surface area (TPSA) is 82.3 Å². The Morgan fingerprint density at radius 3 is 2.67 bits per heavy atom.